The zero-order valence-corrected chi connectivity index (χ0v) is 12.5. The lowest BCUT2D eigenvalue weighted by Crippen LogP contribution is -2.40. The van der Waals surface area contributed by atoms with E-state index < -0.39 is 17.5 Å². The van der Waals surface area contributed by atoms with Crippen molar-refractivity contribution in [1.82, 2.24) is 0 Å². The van der Waals surface area contributed by atoms with Crippen molar-refractivity contribution in [1.29, 1.82) is 0 Å². The van der Waals surface area contributed by atoms with Gasteiger partial charge < -0.3 is 19.7 Å². The highest BCUT2D eigenvalue weighted by molar-refractivity contribution is 5.71. The normalized spacial score (nSPS) is 17.3. The lowest BCUT2D eigenvalue weighted by molar-refractivity contribution is -0.152. The Labute approximate surface area is 124 Å². The Morgan fingerprint density at radius 3 is 2.76 bits per heavy atom. The van der Waals surface area contributed by atoms with Crippen molar-refractivity contribution in [2.24, 2.45) is 5.92 Å². The summed E-state index contributed by atoms with van der Waals surface area (Å²) in [6.45, 7) is 3.76. The van der Waals surface area contributed by atoms with Crippen LogP contribution in [0.2, 0.25) is 0 Å². The van der Waals surface area contributed by atoms with Gasteiger partial charge in [0.2, 0.25) is 6.79 Å². The number of carboxylic acid groups (broad SMARTS) is 1. The Kier molecular flexibility index (Phi) is 4.73. The number of rotatable bonds is 7. The summed E-state index contributed by atoms with van der Waals surface area (Å²) in [5, 5.41) is 19.8. The molecule has 0 saturated heterocycles. The number of carboxylic acids is 1. The molecule has 1 aromatic rings. The first-order valence-corrected chi connectivity index (χ1v) is 7.27. The molecule has 0 radical (unpaired) electrons. The number of ether oxygens (including phenoxy) is 2. The van der Waals surface area contributed by atoms with Crippen molar-refractivity contribution < 1.29 is 24.5 Å². The third-order valence-corrected chi connectivity index (χ3v) is 3.98. The molecule has 5 nitrogen and oxygen atoms in total. The third kappa shape index (κ3) is 3.67. The van der Waals surface area contributed by atoms with Gasteiger partial charge >= 0.3 is 5.97 Å². The van der Waals surface area contributed by atoms with Gasteiger partial charge in [-0.15, -0.1) is 0 Å². The Morgan fingerprint density at radius 1 is 1.38 bits per heavy atom. The number of aliphatic carboxylic acids is 1. The average molecular weight is 294 g/mol. The second-order valence-electron chi connectivity index (χ2n) is 5.72. The molecule has 0 saturated carbocycles. The van der Waals surface area contributed by atoms with E-state index in [1.807, 2.05) is 25.1 Å². The third-order valence-electron chi connectivity index (χ3n) is 3.98. The van der Waals surface area contributed by atoms with Crippen LogP contribution in [-0.2, 0) is 11.2 Å². The van der Waals surface area contributed by atoms with Gasteiger partial charge in [-0.1, -0.05) is 19.4 Å². The van der Waals surface area contributed by atoms with Gasteiger partial charge in [0.1, 0.15) is 0 Å². The predicted molar refractivity (Wildman–Crippen MR) is 77.5 cm³/mol. The Hall–Kier alpha value is -1.75. The van der Waals surface area contributed by atoms with Crippen LogP contribution in [0.5, 0.6) is 11.5 Å². The van der Waals surface area contributed by atoms with E-state index >= 15 is 0 Å². The van der Waals surface area contributed by atoms with Gasteiger partial charge in [0, 0.05) is 0 Å². The quantitative estimate of drug-likeness (QED) is 0.808. The maximum Gasteiger partial charge on any atom is 0.309 e. The van der Waals surface area contributed by atoms with Crippen LogP contribution in [0.25, 0.3) is 0 Å². The highest BCUT2D eigenvalue weighted by Gasteiger charge is 2.36. The summed E-state index contributed by atoms with van der Waals surface area (Å²) < 4.78 is 10.6. The molecule has 1 aliphatic rings. The van der Waals surface area contributed by atoms with Gasteiger partial charge in [-0.05, 0) is 43.9 Å². The number of carbonyl (C=O) groups is 1. The lowest BCUT2D eigenvalue weighted by Gasteiger charge is -2.30. The summed E-state index contributed by atoms with van der Waals surface area (Å²) in [5.41, 5.74) is -0.224. The van der Waals surface area contributed by atoms with E-state index in [0.717, 1.165) is 17.7 Å². The van der Waals surface area contributed by atoms with Crippen LogP contribution in [0.4, 0.5) is 0 Å². The number of fused-ring (bicyclic) bond motifs is 1. The predicted octanol–water partition coefficient (Wildman–Crippen LogP) is 2.60. The van der Waals surface area contributed by atoms with Gasteiger partial charge in [-0.25, -0.2) is 0 Å². The van der Waals surface area contributed by atoms with Crippen molar-refractivity contribution in [2.45, 2.75) is 45.1 Å². The SMILES string of the molecule is CCCC(C(=O)O)C(C)(O)CCc1ccc2c(c1)OCO2. The van der Waals surface area contributed by atoms with Crippen LogP contribution in [-0.4, -0.2) is 28.6 Å². The van der Waals surface area contributed by atoms with Gasteiger partial charge in [-0.2, -0.15) is 0 Å². The minimum Gasteiger partial charge on any atom is -0.481 e. The summed E-state index contributed by atoms with van der Waals surface area (Å²) in [7, 11) is 0. The zero-order chi connectivity index (χ0) is 15.5. The van der Waals surface area contributed by atoms with Crippen molar-refractivity contribution in [2.75, 3.05) is 6.79 Å². The summed E-state index contributed by atoms with van der Waals surface area (Å²) in [5.74, 6) is -0.251. The molecule has 21 heavy (non-hydrogen) atoms. The smallest absolute Gasteiger partial charge is 0.309 e. The standard InChI is InChI=1S/C16H22O5/c1-3-4-12(15(17)18)16(2,19)8-7-11-5-6-13-14(9-11)21-10-20-13/h5-6,9,12,19H,3-4,7-8,10H2,1-2H3,(H,17,18). The molecule has 0 amide bonds. The van der Waals surface area contributed by atoms with Crippen molar-refractivity contribution >= 4 is 5.97 Å². The molecule has 0 aliphatic carbocycles. The molecule has 2 rings (SSSR count). The fourth-order valence-electron chi connectivity index (χ4n) is 2.66. The largest absolute Gasteiger partial charge is 0.481 e. The van der Waals surface area contributed by atoms with Crippen molar-refractivity contribution in [3.63, 3.8) is 0 Å². The Balaban J connectivity index is 2.01. The molecule has 5 heteroatoms. The fraction of sp³-hybridized carbons (Fsp3) is 0.562. The fourth-order valence-corrected chi connectivity index (χ4v) is 2.66. The number of aryl methyl sites for hydroxylation is 1. The highest BCUT2D eigenvalue weighted by atomic mass is 16.7. The van der Waals surface area contributed by atoms with Crippen LogP contribution in [0.3, 0.4) is 0 Å². The van der Waals surface area contributed by atoms with E-state index in [0.29, 0.717) is 25.0 Å². The molecule has 116 valence electrons. The number of benzene rings is 1. The molecule has 2 N–H and O–H groups in total. The minimum atomic E-state index is -1.22. The van der Waals surface area contributed by atoms with E-state index in [1.54, 1.807) is 6.92 Å². The lowest BCUT2D eigenvalue weighted by atomic mass is 9.81. The summed E-state index contributed by atoms with van der Waals surface area (Å²) in [4.78, 5) is 11.3. The number of hydrogen-bond acceptors (Lipinski definition) is 4. The molecule has 0 bridgehead atoms. The van der Waals surface area contributed by atoms with E-state index in [9.17, 15) is 15.0 Å². The molecule has 0 fully saturated rings. The zero-order valence-electron chi connectivity index (χ0n) is 12.5. The molecular weight excluding hydrogens is 272 g/mol. The summed E-state index contributed by atoms with van der Waals surface area (Å²) in [6, 6.07) is 5.64. The van der Waals surface area contributed by atoms with Gasteiger partial charge in [0.15, 0.2) is 11.5 Å². The minimum absolute atomic E-state index is 0.230. The van der Waals surface area contributed by atoms with Gasteiger partial charge in [-0.3, -0.25) is 4.79 Å². The van der Waals surface area contributed by atoms with Crippen LogP contribution in [0.15, 0.2) is 18.2 Å². The van der Waals surface area contributed by atoms with E-state index in [1.165, 1.54) is 0 Å². The highest BCUT2D eigenvalue weighted by Crippen LogP contribution is 2.34. The molecule has 2 unspecified atom stereocenters. The van der Waals surface area contributed by atoms with Gasteiger partial charge in [0.05, 0.1) is 11.5 Å². The molecule has 1 aliphatic heterocycles. The van der Waals surface area contributed by atoms with E-state index in [2.05, 4.69) is 0 Å². The van der Waals surface area contributed by atoms with E-state index in [-0.39, 0.29) is 6.79 Å². The Morgan fingerprint density at radius 2 is 2.10 bits per heavy atom. The summed E-state index contributed by atoms with van der Waals surface area (Å²) >= 11 is 0. The molecule has 2 atom stereocenters. The maximum absolute atomic E-state index is 11.3. The molecule has 1 heterocycles. The average Bonchev–Trinajstić information content (AvgIpc) is 2.89. The van der Waals surface area contributed by atoms with Crippen LogP contribution >= 0.6 is 0 Å². The topological polar surface area (TPSA) is 76.0 Å². The molecule has 0 aromatic heterocycles. The number of hydrogen-bond donors (Lipinski definition) is 2. The first kappa shape index (κ1) is 15.6. The molecule has 1 aromatic carbocycles. The second-order valence-corrected chi connectivity index (χ2v) is 5.72. The maximum atomic E-state index is 11.3. The summed E-state index contributed by atoms with van der Waals surface area (Å²) in [6.07, 6.45) is 2.20. The first-order valence-electron chi connectivity index (χ1n) is 7.27. The van der Waals surface area contributed by atoms with Gasteiger partial charge in [0.25, 0.3) is 0 Å². The molecular formula is C16H22O5. The van der Waals surface area contributed by atoms with Crippen LogP contribution in [0.1, 0.15) is 38.7 Å². The number of aliphatic hydroxyl groups is 1. The van der Waals surface area contributed by atoms with Crippen LogP contribution in [0, 0.1) is 5.92 Å². The Bertz CT molecular complexity index is 509. The van der Waals surface area contributed by atoms with E-state index in [4.69, 9.17) is 9.47 Å². The van der Waals surface area contributed by atoms with Crippen molar-refractivity contribution in [3.8, 4) is 11.5 Å². The van der Waals surface area contributed by atoms with Crippen LogP contribution < -0.4 is 9.47 Å². The molecule has 0 spiro atoms. The second kappa shape index (κ2) is 6.35. The first-order chi connectivity index (χ1) is 9.94. The monoisotopic (exact) mass is 294 g/mol. The van der Waals surface area contributed by atoms with Crippen molar-refractivity contribution in [3.05, 3.63) is 23.8 Å².